The third kappa shape index (κ3) is 2.96. The molecule has 1 aromatic carbocycles. The van der Waals surface area contributed by atoms with Gasteiger partial charge >= 0.3 is 0 Å². The lowest BCUT2D eigenvalue weighted by Crippen LogP contribution is -2.18. The molecular weight excluding hydrogens is 186 g/mol. The summed E-state index contributed by atoms with van der Waals surface area (Å²) in [5.74, 6) is 0. The lowest BCUT2D eigenvalue weighted by Gasteiger charge is -2.27. The first-order valence-electron chi connectivity index (χ1n) is 5.27. The van der Waals surface area contributed by atoms with Crippen molar-refractivity contribution in [2.75, 3.05) is 19.0 Å². The summed E-state index contributed by atoms with van der Waals surface area (Å²) in [4.78, 5) is 2.04. The van der Waals surface area contributed by atoms with Gasteiger partial charge in [0.1, 0.15) is 0 Å². The van der Waals surface area contributed by atoms with Crippen molar-refractivity contribution in [1.29, 1.82) is 0 Å². The van der Waals surface area contributed by atoms with Crippen molar-refractivity contribution in [3.05, 3.63) is 29.8 Å². The van der Waals surface area contributed by atoms with Gasteiger partial charge in [0.2, 0.25) is 0 Å². The Kier molecular flexibility index (Phi) is 3.40. The number of hydrogen-bond acceptors (Lipinski definition) is 2. The average molecular weight is 207 g/mol. The molecule has 0 fully saturated rings. The first-order valence-corrected chi connectivity index (χ1v) is 5.27. The van der Waals surface area contributed by atoms with Crippen LogP contribution in [-0.2, 0) is 0 Å². The number of rotatable bonds is 2. The van der Waals surface area contributed by atoms with Crippen molar-refractivity contribution >= 4 is 5.69 Å². The van der Waals surface area contributed by atoms with Gasteiger partial charge in [-0.15, -0.1) is 0 Å². The molecule has 0 saturated heterocycles. The van der Waals surface area contributed by atoms with Gasteiger partial charge in [-0.3, -0.25) is 0 Å². The van der Waals surface area contributed by atoms with Crippen molar-refractivity contribution < 1.29 is 5.11 Å². The van der Waals surface area contributed by atoms with E-state index in [-0.39, 0.29) is 5.41 Å². The van der Waals surface area contributed by atoms with Gasteiger partial charge in [0.05, 0.1) is 6.10 Å². The number of hydrogen-bond donors (Lipinski definition) is 1. The normalized spacial score (nSPS) is 13.7. The Bertz CT molecular complexity index is 326. The number of aliphatic hydroxyl groups is 1. The highest BCUT2D eigenvalue weighted by atomic mass is 16.3. The molecule has 0 aliphatic carbocycles. The molecule has 0 aliphatic rings. The van der Waals surface area contributed by atoms with Gasteiger partial charge in [0.15, 0.2) is 0 Å². The van der Waals surface area contributed by atoms with E-state index in [1.807, 2.05) is 64.0 Å². The van der Waals surface area contributed by atoms with Crippen LogP contribution in [0.3, 0.4) is 0 Å². The van der Waals surface area contributed by atoms with Crippen LogP contribution in [0.15, 0.2) is 24.3 Å². The standard InChI is InChI=1S/C13H21NO/c1-13(2,3)12(15)10-7-6-8-11(9-10)14(4)5/h6-9,12,15H,1-5H3. The largest absolute Gasteiger partial charge is 0.388 e. The molecule has 1 unspecified atom stereocenters. The molecule has 2 heteroatoms. The second kappa shape index (κ2) is 4.23. The van der Waals surface area contributed by atoms with Gasteiger partial charge in [-0.2, -0.15) is 0 Å². The monoisotopic (exact) mass is 207 g/mol. The number of anilines is 1. The predicted octanol–water partition coefficient (Wildman–Crippen LogP) is 2.83. The SMILES string of the molecule is CN(C)c1cccc(C(O)C(C)(C)C)c1. The molecule has 0 spiro atoms. The van der Waals surface area contributed by atoms with Crippen LogP contribution >= 0.6 is 0 Å². The maximum absolute atomic E-state index is 10.1. The molecule has 15 heavy (non-hydrogen) atoms. The van der Waals surface area contributed by atoms with Gasteiger partial charge < -0.3 is 10.0 Å². The fourth-order valence-electron chi connectivity index (χ4n) is 1.47. The van der Waals surface area contributed by atoms with E-state index in [1.165, 1.54) is 0 Å². The summed E-state index contributed by atoms with van der Waals surface area (Å²) in [7, 11) is 4.01. The van der Waals surface area contributed by atoms with Crippen LogP contribution in [-0.4, -0.2) is 19.2 Å². The van der Waals surface area contributed by atoms with Crippen LogP contribution in [0.25, 0.3) is 0 Å². The maximum atomic E-state index is 10.1. The molecule has 0 bridgehead atoms. The maximum Gasteiger partial charge on any atom is 0.0839 e. The van der Waals surface area contributed by atoms with Crippen molar-refractivity contribution in [2.24, 2.45) is 5.41 Å². The molecule has 1 atom stereocenters. The zero-order valence-electron chi connectivity index (χ0n) is 10.3. The van der Waals surface area contributed by atoms with Crippen molar-refractivity contribution in [1.82, 2.24) is 0 Å². The second-order valence-corrected chi connectivity index (χ2v) is 5.26. The quantitative estimate of drug-likeness (QED) is 0.806. The van der Waals surface area contributed by atoms with E-state index in [1.54, 1.807) is 0 Å². The third-order valence-electron chi connectivity index (χ3n) is 2.52. The minimum atomic E-state index is -0.419. The topological polar surface area (TPSA) is 23.5 Å². The summed E-state index contributed by atoms with van der Waals surface area (Å²) in [6.45, 7) is 6.12. The first-order chi connectivity index (χ1) is 6.82. The summed E-state index contributed by atoms with van der Waals surface area (Å²) < 4.78 is 0. The Morgan fingerprint density at radius 3 is 2.27 bits per heavy atom. The highest BCUT2D eigenvalue weighted by molar-refractivity contribution is 5.47. The highest BCUT2D eigenvalue weighted by Gasteiger charge is 2.23. The van der Waals surface area contributed by atoms with Crippen molar-refractivity contribution in [3.8, 4) is 0 Å². The van der Waals surface area contributed by atoms with E-state index in [0.717, 1.165) is 11.3 Å². The van der Waals surface area contributed by atoms with Crippen LogP contribution in [0.4, 0.5) is 5.69 Å². The average Bonchev–Trinajstić information content (AvgIpc) is 2.15. The summed E-state index contributed by atoms with van der Waals surface area (Å²) in [6.07, 6.45) is -0.419. The smallest absolute Gasteiger partial charge is 0.0839 e. The Morgan fingerprint density at radius 1 is 1.20 bits per heavy atom. The molecule has 84 valence electrons. The van der Waals surface area contributed by atoms with Crippen LogP contribution in [0.2, 0.25) is 0 Å². The van der Waals surface area contributed by atoms with Crippen LogP contribution < -0.4 is 4.90 Å². The fraction of sp³-hybridized carbons (Fsp3) is 0.538. The Labute approximate surface area is 92.5 Å². The minimum Gasteiger partial charge on any atom is -0.388 e. The molecule has 2 nitrogen and oxygen atoms in total. The van der Waals surface area contributed by atoms with Crippen LogP contribution in [0.1, 0.15) is 32.4 Å². The van der Waals surface area contributed by atoms with Gasteiger partial charge in [0.25, 0.3) is 0 Å². The lowest BCUT2D eigenvalue weighted by molar-refractivity contribution is 0.0627. The second-order valence-electron chi connectivity index (χ2n) is 5.26. The molecule has 0 radical (unpaired) electrons. The van der Waals surface area contributed by atoms with Crippen LogP contribution in [0.5, 0.6) is 0 Å². The first kappa shape index (κ1) is 12.1. The number of aliphatic hydroxyl groups excluding tert-OH is 1. The highest BCUT2D eigenvalue weighted by Crippen LogP contribution is 2.33. The van der Waals surface area contributed by atoms with Crippen LogP contribution in [0, 0.1) is 5.41 Å². The van der Waals surface area contributed by atoms with E-state index in [2.05, 4.69) is 0 Å². The van der Waals surface area contributed by atoms with Gasteiger partial charge in [-0.25, -0.2) is 0 Å². The molecule has 0 amide bonds. The summed E-state index contributed by atoms with van der Waals surface area (Å²) in [5, 5.41) is 10.1. The van der Waals surface area contributed by atoms with Gasteiger partial charge in [-0.05, 0) is 23.1 Å². The summed E-state index contributed by atoms with van der Waals surface area (Å²) in [6, 6.07) is 8.04. The molecule has 1 rings (SSSR count). The van der Waals surface area contributed by atoms with E-state index in [0.29, 0.717) is 0 Å². The summed E-state index contributed by atoms with van der Waals surface area (Å²) in [5.41, 5.74) is 1.98. The van der Waals surface area contributed by atoms with Gasteiger partial charge in [-0.1, -0.05) is 32.9 Å². The van der Waals surface area contributed by atoms with E-state index < -0.39 is 6.10 Å². The Morgan fingerprint density at radius 2 is 1.80 bits per heavy atom. The molecular formula is C13H21NO. The van der Waals surface area contributed by atoms with E-state index >= 15 is 0 Å². The molecule has 0 aliphatic heterocycles. The molecule has 0 heterocycles. The fourth-order valence-corrected chi connectivity index (χ4v) is 1.47. The Balaban J connectivity index is 3.00. The van der Waals surface area contributed by atoms with E-state index in [4.69, 9.17) is 0 Å². The molecule has 0 saturated carbocycles. The number of benzene rings is 1. The summed E-state index contributed by atoms with van der Waals surface area (Å²) >= 11 is 0. The molecule has 0 aromatic heterocycles. The molecule has 1 N–H and O–H groups in total. The molecule has 1 aromatic rings. The van der Waals surface area contributed by atoms with Crippen molar-refractivity contribution in [2.45, 2.75) is 26.9 Å². The minimum absolute atomic E-state index is 0.120. The van der Waals surface area contributed by atoms with Gasteiger partial charge in [0, 0.05) is 19.8 Å². The predicted molar refractivity (Wildman–Crippen MR) is 65.2 cm³/mol. The van der Waals surface area contributed by atoms with E-state index in [9.17, 15) is 5.11 Å². The van der Waals surface area contributed by atoms with Crippen molar-refractivity contribution in [3.63, 3.8) is 0 Å². The zero-order valence-corrected chi connectivity index (χ0v) is 10.3. The zero-order chi connectivity index (χ0) is 11.6. The third-order valence-corrected chi connectivity index (χ3v) is 2.52. The Hall–Kier alpha value is -1.02. The number of nitrogens with zero attached hydrogens (tertiary/aromatic N) is 1. The lowest BCUT2D eigenvalue weighted by atomic mass is 9.85.